The molecule has 6 heteroatoms. The highest BCUT2D eigenvalue weighted by atomic mass is 16.2. The molecule has 2 aromatic carbocycles. The molecule has 3 aromatic rings. The van der Waals surface area contributed by atoms with Crippen molar-refractivity contribution in [2.24, 2.45) is 5.10 Å². The Morgan fingerprint density at radius 1 is 0.929 bits per heavy atom. The first kappa shape index (κ1) is 19.0. The van der Waals surface area contributed by atoms with E-state index in [0.29, 0.717) is 5.56 Å². The lowest BCUT2D eigenvalue weighted by Gasteiger charge is -2.18. The van der Waals surface area contributed by atoms with Crippen LogP contribution in [-0.2, 0) is 4.79 Å². The fourth-order valence-electron chi connectivity index (χ4n) is 2.63. The third-order valence-corrected chi connectivity index (χ3v) is 4.04. The van der Waals surface area contributed by atoms with Gasteiger partial charge < -0.3 is 5.32 Å². The molecule has 0 fully saturated rings. The molecule has 0 spiro atoms. The number of carbonyl (C=O) groups excluding carboxylic acids is 2. The van der Waals surface area contributed by atoms with E-state index < -0.39 is 6.04 Å². The van der Waals surface area contributed by atoms with Crippen molar-refractivity contribution in [3.8, 4) is 0 Å². The lowest BCUT2D eigenvalue weighted by atomic mass is 10.0. The molecule has 1 aromatic heterocycles. The maximum Gasteiger partial charge on any atom is 0.251 e. The summed E-state index contributed by atoms with van der Waals surface area (Å²) in [6.07, 6.45) is 4.90. The molecule has 0 unspecified atom stereocenters. The van der Waals surface area contributed by atoms with E-state index in [-0.39, 0.29) is 18.2 Å². The standard InChI is InChI=1S/C22H20N4O2/c27-21(26-24-16-17-11-13-23-14-12-17)15-20(18-7-3-1-4-8-18)25-22(28)19-9-5-2-6-10-19/h1-14,16,20H,15H2,(H,25,28)(H,26,27)/b24-16-/t20-/m0/s1. The zero-order valence-electron chi connectivity index (χ0n) is 15.2. The summed E-state index contributed by atoms with van der Waals surface area (Å²) in [5, 5.41) is 6.89. The second-order valence-electron chi connectivity index (χ2n) is 6.08. The van der Waals surface area contributed by atoms with Crippen LogP contribution < -0.4 is 10.7 Å². The summed E-state index contributed by atoms with van der Waals surface area (Å²) in [4.78, 5) is 28.8. The highest BCUT2D eigenvalue weighted by Gasteiger charge is 2.19. The van der Waals surface area contributed by atoms with Crippen LogP contribution in [0.2, 0.25) is 0 Å². The molecule has 0 saturated heterocycles. The zero-order chi connectivity index (χ0) is 19.6. The predicted molar refractivity (Wildman–Crippen MR) is 108 cm³/mol. The Labute approximate surface area is 163 Å². The van der Waals surface area contributed by atoms with Crippen molar-refractivity contribution < 1.29 is 9.59 Å². The second kappa shape index (κ2) is 9.78. The van der Waals surface area contributed by atoms with Crippen LogP contribution in [0.15, 0.2) is 90.3 Å². The van der Waals surface area contributed by atoms with Gasteiger partial charge in [0.05, 0.1) is 18.7 Å². The van der Waals surface area contributed by atoms with Gasteiger partial charge in [0.15, 0.2) is 0 Å². The zero-order valence-corrected chi connectivity index (χ0v) is 15.2. The number of nitrogens with zero attached hydrogens (tertiary/aromatic N) is 2. The molecule has 2 amide bonds. The second-order valence-corrected chi connectivity index (χ2v) is 6.08. The molecule has 3 rings (SSSR count). The maximum absolute atomic E-state index is 12.5. The number of carbonyl (C=O) groups is 2. The van der Waals surface area contributed by atoms with E-state index in [1.54, 1.807) is 55.0 Å². The highest BCUT2D eigenvalue weighted by molar-refractivity contribution is 5.94. The number of aromatic nitrogens is 1. The van der Waals surface area contributed by atoms with Gasteiger partial charge in [-0.15, -0.1) is 0 Å². The van der Waals surface area contributed by atoms with Crippen LogP contribution in [0.5, 0.6) is 0 Å². The van der Waals surface area contributed by atoms with E-state index in [4.69, 9.17) is 0 Å². The number of hydrogen-bond donors (Lipinski definition) is 2. The van der Waals surface area contributed by atoms with E-state index in [9.17, 15) is 9.59 Å². The average molecular weight is 372 g/mol. The van der Waals surface area contributed by atoms with Crippen molar-refractivity contribution in [2.75, 3.05) is 0 Å². The third kappa shape index (κ3) is 5.60. The van der Waals surface area contributed by atoms with E-state index in [1.165, 1.54) is 0 Å². The van der Waals surface area contributed by atoms with Gasteiger partial charge in [0.25, 0.3) is 5.91 Å². The SMILES string of the molecule is O=C(C[C@H](NC(=O)c1ccccc1)c1ccccc1)N/N=C\c1ccncc1. The van der Waals surface area contributed by atoms with Crippen LogP contribution in [0.25, 0.3) is 0 Å². The summed E-state index contributed by atoms with van der Waals surface area (Å²) in [5.74, 6) is -0.532. The molecule has 0 aliphatic heterocycles. The van der Waals surface area contributed by atoms with Crippen LogP contribution in [0.4, 0.5) is 0 Å². The number of hydrazone groups is 1. The Morgan fingerprint density at radius 2 is 1.57 bits per heavy atom. The minimum atomic E-state index is -0.468. The van der Waals surface area contributed by atoms with Crippen molar-refractivity contribution in [3.05, 3.63) is 102 Å². The molecule has 6 nitrogen and oxygen atoms in total. The lowest BCUT2D eigenvalue weighted by molar-refractivity contribution is -0.121. The lowest BCUT2D eigenvalue weighted by Crippen LogP contribution is -2.32. The van der Waals surface area contributed by atoms with Crippen molar-refractivity contribution in [1.29, 1.82) is 0 Å². The molecule has 0 radical (unpaired) electrons. The Morgan fingerprint density at radius 3 is 2.25 bits per heavy atom. The van der Waals surface area contributed by atoms with Gasteiger partial charge in [-0.1, -0.05) is 48.5 Å². The molecular formula is C22H20N4O2. The molecule has 0 saturated carbocycles. The largest absolute Gasteiger partial charge is 0.345 e. The smallest absolute Gasteiger partial charge is 0.251 e. The molecule has 1 heterocycles. The van der Waals surface area contributed by atoms with Gasteiger partial charge in [-0.25, -0.2) is 5.43 Å². The van der Waals surface area contributed by atoms with Crippen LogP contribution >= 0.6 is 0 Å². The van der Waals surface area contributed by atoms with Crippen molar-refractivity contribution in [3.63, 3.8) is 0 Å². The number of hydrogen-bond acceptors (Lipinski definition) is 4. The monoisotopic (exact) mass is 372 g/mol. The molecular weight excluding hydrogens is 352 g/mol. The van der Waals surface area contributed by atoms with Crippen LogP contribution in [0.3, 0.4) is 0 Å². The summed E-state index contributed by atoms with van der Waals surface area (Å²) in [5.41, 5.74) is 4.72. The first-order chi connectivity index (χ1) is 13.7. The first-order valence-electron chi connectivity index (χ1n) is 8.85. The molecule has 28 heavy (non-hydrogen) atoms. The fraction of sp³-hybridized carbons (Fsp3) is 0.0909. The van der Waals surface area contributed by atoms with E-state index >= 15 is 0 Å². The van der Waals surface area contributed by atoms with Crippen molar-refractivity contribution >= 4 is 18.0 Å². The molecule has 0 bridgehead atoms. The minimum absolute atomic E-state index is 0.0657. The van der Waals surface area contributed by atoms with Gasteiger partial charge in [-0.05, 0) is 35.4 Å². The summed E-state index contributed by atoms with van der Waals surface area (Å²) in [6, 6.07) is 21.4. The van der Waals surface area contributed by atoms with Gasteiger partial charge in [0.2, 0.25) is 5.91 Å². The Balaban J connectivity index is 1.66. The van der Waals surface area contributed by atoms with Crippen LogP contribution in [0.1, 0.15) is 33.9 Å². The Hall–Kier alpha value is -3.80. The van der Waals surface area contributed by atoms with Gasteiger partial charge in [0, 0.05) is 18.0 Å². The van der Waals surface area contributed by atoms with E-state index in [1.807, 2.05) is 36.4 Å². The van der Waals surface area contributed by atoms with Crippen LogP contribution in [0, 0.1) is 0 Å². The molecule has 2 N–H and O–H groups in total. The van der Waals surface area contributed by atoms with Gasteiger partial charge >= 0.3 is 0 Å². The van der Waals surface area contributed by atoms with Crippen molar-refractivity contribution in [1.82, 2.24) is 15.7 Å². The Kier molecular flexibility index (Phi) is 6.62. The normalized spacial score (nSPS) is 11.7. The quantitative estimate of drug-likeness (QED) is 0.494. The topological polar surface area (TPSA) is 83.5 Å². The average Bonchev–Trinajstić information content (AvgIpc) is 2.75. The highest BCUT2D eigenvalue weighted by Crippen LogP contribution is 2.17. The Bertz CT molecular complexity index is 929. The molecule has 140 valence electrons. The summed E-state index contributed by atoms with van der Waals surface area (Å²) in [7, 11) is 0. The van der Waals surface area contributed by atoms with Gasteiger partial charge in [-0.2, -0.15) is 5.10 Å². The summed E-state index contributed by atoms with van der Waals surface area (Å²) in [6.45, 7) is 0. The third-order valence-electron chi connectivity index (χ3n) is 4.04. The number of nitrogens with one attached hydrogen (secondary N) is 2. The minimum Gasteiger partial charge on any atom is -0.345 e. The van der Waals surface area contributed by atoms with E-state index in [2.05, 4.69) is 20.8 Å². The van der Waals surface area contributed by atoms with Crippen LogP contribution in [-0.4, -0.2) is 23.0 Å². The number of rotatable bonds is 7. The number of pyridine rings is 1. The summed E-state index contributed by atoms with van der Waals surface area (Å²) >= 11 is 0. The molecule has 1 atom stereocenters. The molecule has 0 aliphatic rings. The number of amides is 2. The van der Waals surface area contributed by atoms with Crippen molar-refractivity contribution in [2.45, 2.75) is 12.5 Å². The predicted octanol–water partition coefficient (Wildman–Crippen LogP) is 3.09. The molecule has 0 aliphatic carbocycles. The fourth-order valence-corrected chi connectivity index (χ4v) is 2.63. The summed E-state index contributed by atoms with van der Waals surface area (Å²) < 4.78 is 0. The first-order valence-corrected chi connectivity index (χ1v) is 8.85. The van der Waals surface area contributed by atoms with Gasteiger partial charge in [0.1, 0.15) is 0 Å². The number of benzene rings is 2. The van der Waals surface area contributed by atoms with Gasteiger partial charge in [-0.3, -0.25) is 14.6 Å². The maximum atomic E-state index is 12.5. The van der Waals surface area contributed by atoms with E-state index in [0.717, 1.165) is 11.1 Å².